The van der Waals surface area contributed by atoms with E-state index >= 15 is 0 Å². The van der Waals surface area contributed by atoms with Gasteiger partial charge in [-0.15, -0.1) is 0 Å². The minimum Gasteiger partial charge on any atom is -0.353 e. The van der Waals surface area contributed by atoms with Crippen LogP contribution in [0, 0.1) is 11.3 Å². The van der Waals surface area contributed by atoms with Gasteiger partial charge in [-0.3, -0.25) is 4.79 Å². The van der Waals surface area contributed by atoms with Crippen molar-refractivity contribution < 1.29 is 19.1 Å². The molecule has 0 radical (unpaired) electrons. The number of nitrogens with one attached hydrogen (secondary N) is 1. The molecule has 3 N–H and O–H groups in total. The van der Waals surface area contributed by atoms with E-state index < -0.39 is 8.09 Å². The summed E-state index contributed by atoms with van der Waals surface area (Å²) < 4.78 is 7.14. The molecular weight excluding hydrogens is 509 g/mol. The van der Waals surface area contributed by atoms with Crippen molar-refractivity contribution in [3.63, 3.8) is 0 Å². The van der Waals surface area contributed by atoms with Crippen molar-refractivity contribution in [3.8, 4) is 6.07 Å². The first-order chi connectivity index (χ1) is 18.7. The number of hydrogen-bond acceptors (Lipinski definition) is 6. The number of hydrogen-bond donors (Lipinski definition) is 3. The lowest BCUT2D eigenvalue weighted by atomic mass is 10.0. The van der Waals surface area contributed by atoms with E-state index in [0.29, 0.717) is 25.9 Å². The highest BCUT2D eigenvalue weighted by Crippen LogP contribution is 2.57. The highest BCUT2D eigenvalue weighted by Gasteiger charge is 2.48. The molecule has 1 unspecified atom stereocenters. The first-order valence-corrected chi connectivity index (χ1v) is 17.7. The third-order valence-corrected chi connectivity index (χ3v) is 9.35. The Kier molecular flexibility index (Phi) is 24.5. The molecule has 0 fully saturated rings. The van der Waals surface area contributed by atoms with Crippen molar-refractivity contribution in [2.24, 2.45) is 0 Å². The van der Waals surface area contributed by atoms with E-state index in [1.54, 1.807) is 4.67 Å². The summed E-state index contributed by atoms with van der Waals surface area (Å²) in [5, 5.41) is 12.1. The van der Waals surface area contributed by atoms with E-state index in [9.17, 15) is 14.6 Å². The number of carbonyl (C=O) groups is 1. The first kappa shape index (κ1) is 38.2. The van der Waals surface area contributed by atoms with Crippen LogP contribution in [0.1, 0.15) is 163 Å². The average molecular weight is 573 g/mol. The summed E-state index contributed by atoms with van der Waals surface area (Å²) in [4.78, 5) is 33.3. The second kappa shape index (κ2) is 25.0. The third kappa shape index (κ3) is 21.6. The predicted molar refractivity (Wildman–Crippen MR) is 165 cm³/mol. The molecule has 0 saturated carbocycles. The van der Waals surface area contributed by atoms with Gasteiger partial charge in [0.05, 0.1) is 12.7 Å². The van der Waals surface area contributed by atoms with E-state index in [0.717, 1.165) is 38.5 Å². The van der Waals surface area contributed by atoms with Gasteiger partial charge < -0.3 is 5.32 Å². The number of amides is 1. The Morgan fingerprint density at radius 2 is 1.28 bits per heavy atom. The fourth-order valence-electron chi connectivity index (χ4n) is 5.25. The number of unbranched alkanes of at least 4 members (excludes halogenated alkanes) is 14. The molecule has 39 heavy (non-hydrogen) atoms. The van der Waals surface area contributed by atoms with Gasteiger partial charge in [0.2, 0.25) is 5.91 Å². The Morgan fingerprint density at radius 1 is 0.795 bits per heavy atom. The Morgan fingerprint density at radius 3 is 1.77 bits per heavy atom. The van der Waals surface area contributed by atoms with Crippen molar-refractivity contribution in [1.82, 2.24) is 9.99 Å². The topological polar surface area (TPSA) is 106 Å². The van der Waals surface area contributed by atoms with E-state index in [4.69, 9.17) is 9.79 Å². The molecule has 1 atom stereocenters. The monoisotopic (exact) mass is 572 g/mol. The molecule has 1 amide bonds. The highest BCUT2D eigenvalue weighted by molar-refractivity contribution is 7.57. The largest absolute Gasteiger partial charge is 0.499 e. The van der Waals surface area contributed by atoms with Crippen LogP contribution in [0.25, 0.3) is 0 Å². The zero-order chi connectivity index (χ0) is 29.4. The summed E-state index contributed by atoms with van der Waals surface area (Å²) in [6.45, 7) is 10.3. The van der Waals surface area contributed by atoms with Crippen LogP contribution >= 0.6 is 8.09 Å². The van der Waals surface area contributed by atoms with Gasteiger partial charge in [0.25, 0.3) is 0 Å². The fraction of sp³-hybridized carbons (Fsp3) is 0.935. The quantitative estimate of drug-likeness (QED) is 0.0672. The number of nitrogens with zero attached hydrogens (tertiary/aromatic N) is 2. The Hall–Kier alpha value is -0.770. The van der Waals surface area contributed by atoms with E-state index in [-0.39, 0.29) is 24.0 Å². The van der Waals surface area contributed by atoms with Gasteiger partial charge in [-0.1, -0.05) is 101 Å². The molecule has 0 aromatic carbocycles. The van der Waals surface area contributed by atoms with Gasteiger partial charge in [0.15, 0.2) is 0 Å². The van der Waals surface area contributed by atoms with Crippen molar-refractivity contribution >= 4 is 14.0 Å². The zero-order valence-corrected chi connectivity index (χ0v) is 27.0. The van der Waals surface area contributed by atoms with Crippen molar-refractivity contribution in [2.75, 3.05) is 6.61 Å². The summed E-state index contributed by atoms with van der Waals surface area (Å²) in [6, 6.07) is 2.19. The average Bonchev–Trinajstić information content (AvgIpc) is 2.86. The smallest absolute Gasteiger partial charge is 0.353 e. The van der Waals surface area contributed by atoms with Crippen LogP contribution < -0.4 is 5.32 Å². The van der Waals surface area contributed by atoms with E-state index in [2.05, 4.69) is 18.3 Å². The Bertz CT molecular complexity index is 617. The van der Waals surface area contributed by atoms with Crippen molar-refractivity contribution in [3.05, 3.63) is 0 Å². The van der Waals surface area contributed by atoms with Gasteiger partial charge in [0.1, 0.15) is 0 Å². The maximum Gasteiger partial charge on any atom is 0.499 e. The molecule has 230 valence electrons. The molecule has 0 heterocycles. The first-order valence-electron chi connectivity index (χ1n) is 16.1. The lowest BCUT2D eigenvalue weighted by molar-refractivity contribution is -0.122. The summed E-state index contributed by atoms with van der Waals surface area (Å²) in [7, 11) is -3.56. The second-order valence-electron chi connectivity index (χ2n) is 11.7. The zero-order valence-electron chi connectivity index (χ0n) is 26.1. The molecule has 0 aliphatic rings. The van der Waals surface area contributed by atoms with Gasteiger partial charge in [0, 0.05) is 31.0 Å². The summed E-state index contributed by atoms with van der Waals surface area (Å²) in [5.41, 5.74) is 0. The molecule has 8 heteroatoms. The summed E-state index contributed by atoms with van der Waals surface area (Å²) in [6.07, 6.45) is 21.8. The molecule has 0 saturated heterocycles. The van der Waals surface area contributed by atoms with Crippen LogP contribution in [0.5, 0.6) is 0 Å². The molecule has 0 aromatic rings. The highest BCUT2D eigenvalue weighted by atomic mass is 31.2. The van der Waals surface area contributed by atoms with Crippen molar-refractivity contribution in [2.45, 2.75) is 181 Å². The maximum atomic E-state index is 12.5. The fourth-order valence-corrected chi connectivity index (χ4v) is 6.96. The van der Waals surface area contributed by atoms with Crippen LogP contribution in [0.3, 0.4) is 0 Å². The minimum absolute atomic E-state index is 0.0162. The SMILES string of the molecule is CCCCCCCCCCCCCCCC(=O)NC(CCC#N)CCCCCO[P+](O)(O)N(C(C)C)C(C)C. The number of nitriles is 1. The lowest BCUT2D eigenvalue weighted by Gasteiger charge is -2.29. The molecule has 7 nitrogen and oxygen atoms in total. The molecule has 0 bridgehead atoms. The molecule has 0 rings (SSSR count). The van der Waals surface area contributed by atoms with Crippen LogP contribution in [0.15, 0.2) is 0 Å². The normalized spacial score (nSPS) is 12.8. The van der Waals surface area contributed by atoms with Crippen LogP contribution in [0.2, 0.25) is 0 Å². The third-order valence-electron chi connectivity index (χ3n) is 7.30. The van der Waals surface area contributed by atoms with Crippen LogP contribution in [0.4, 0.5) is 0 Å². The van der Waals surface area contributed by atoms with Gasteiger partial charge in [-0.25, -0.2) is 0 Å². The number of carbonyl (C=O) groups excluding carboxylic acids is 1. The van der Waals surface area contributed by atoms with Crippen LogP contribution in [-0.4, -0.2) is 45.1 Å². The molecule has 0 aliphatic heterocycles. The Labute approximate surface area is 242 Å². The molecule has 0 aromatic heterocycles. The van der Waals surface area contributed by atoms with Crippen LogP contribution in [-0.2, 0) is 9.32 Å². The van der Waals surface area contributed by atoms with Gasteiger partial charge in [-0.2, -0.15) is 19.6 Å². The van der Waals surface area contributed by atoms with Crippen molar-refractivity contribution in [1.29, 1.82) is 5.26 Å². The van der Waals surface area contributed by atoms with E-state index in [1.807, 2.05) is 27.7 Å². The second-order valence-corrected chi connectivity index (χ2v) is 13.5. The summed E-state index contributed by atoms with van der Waals surface area (Å²) in [5.74, 6) is 0.0990. The molecule has 0 spiro atoms. The molecule has 0 aliphatic carbocycles. The maximum absolute atomic E-state index is 12.5. The Balaban J connectivity index is 3.99. The standard InChI is InChI=1S/C31H62N3O4P/c1-6-7-8-9-10-11-12-13-14-15-16-17-20-25-31(35)33-30(24-22-26-32)23-19-18-21-27-38-39(36,37)34(28(2)3)29(4)5/h28-30,36-37H,6-25,27H2,1-5H3/p+1. The number of rotatable bonds is 27. The minimum atomic E-state index is -3.56. The lowest BCUT2D eigenvalue weighted by Crippen LogP contribution is -2.37. The van der Waals surface area contributed by atoms with Gasteiger partial charge in [-0.05, 0) is 53.4 Å². The summed E-state index contributed by atoms with van der Waals surface area (Å²) >= 11 is 0. The molecular formula is C31H63N3O4P+. The van der Waals surface area contributed by atoms with Gasteiger partial charge >= 0.3 is 8.09 Å². The van der Waals surface area contributed by atoms with E-state index in [1.165, 1.54) is 70.6 Å². The predicted octanol–water partition coefficient (Wildman–Crippen LogP) is 8.61.